The van der Waals surface area contributed by atoms with Gasteiger partial charge in [0.15, 0.2) is 11.0 Å². The van der Waals surface area contributed by atoms with E-state index >= 15 is 0 Å². The van der Waals surface area contributed by atoms with Crippen molar-refractivity contribution in [1.29, 1.82) is 0 Å². The van der Waals surface area contributed by atoms with E-state index in [2.05, 4.69) is 11.4 Å². The molecule has 1 fully saturated rings. The summed E-state index contributed by atoms with van der Waals surface area (Å²) in [5, 5.41) is 4.40. The Morgan fingerprint density at radius 1 is 1.44 bits per heavy atom. The second-order valence-corrected chi connectivity index (χ2v) is 5.47. The molecule has 0 saturated carbocycles. The van der Waals surface area contributed by atoms with Gasteiger partial charge in [-0.2, -0.15) is 11.3 Å². The molecule has 1 aliphatic heterocycles. The van der Waals surface area contributed by atoms with Crippen molar-refractivity contribution in [2.24, 2.45) is 0 Å². The Hall–Kier alpha value is -1.26. The highest BCUT2D eigenvalue weighted by Gasteiger charge is 2.32. The molecule has 5 heteroatoms. The van der Waals surface area contributed by atoms with E-state index < -0.39 is 0 Å². The minimum absolute atomic E-state index is 0.0735. The quantitative estimate of drug-likeness (QED) is 0.834. The summed E-state index contributed by atoms with van der Waals surface area (Å²) >= 11 is 7.37. The number of rotatable bonds is 2. The first-order valence-corrected chi connectivity index (χ1v) is 7.16. The van der Waals surface area contributed by atoms with Crippen molar-refractivity contribution in [1.82, 2.24) is 4.90 Å². The number of halogens is 1. The Labute approximate surface area is 114 Å². The van der Waals surface area contributed by atoms with Crippen LogP contribution in [0.5, 0.6) is 0 Å². The first-order chi connectivity index (χ1) is 8.75. The molecule has 3 heterocycles. The molecule has 18 heavy (non-hydrogen) atoms. The first-order valence-electron chi connectivity index (χ1n) is 5.84. The van der Waals surface area contributed by atoms with Gasteiger partial charge in [0.1, 0.15) is 0 Å². The van der Waals surface area contributed by atoms with Gasteiger partial charge in [-0.05, 0) is 59.0 Å². The van der Waals surface area contributed by atoms with E-state index in [1.165, 1.54) is 5.56 Å². The number of carbonyl (C=O) groups is 1. The van der Waals surface area contributed by atoms with Crippen LogP contribution in [0.1, 0.15) is 35.0 Å². The van der Waals surface area contributed by atoms with E-state index in [1.54, 1.807) is 23.5 Å². The fourth-order valence-electron chi connectivity index (χ4n) is 2.39. The van der Waals surface area contributed by atoms with Crippen LogP contribution >= 0.6 is 22.9 Å². The summed E-state index contributed by atoms with van der Waals surface area (Å²) in [6.07, 6.45) is 2.04. The second-order valence-electron chi connectivity index (χ2n) is 4.32. The van der Waals surface area contributed by atoms with Gasteiger partial charge in [0.2, 0.25) is 0 Å². The number of hydrogen-bond acceptors (Lipinski definition) is 3. The van der Waals surface area contributed by atoms with Gasteiger partial charge < -0.3 is 9.32 Å². The van der Waals surface area contributed by atoms with E-state index in [9.17, 15) is 4.79 Å². The molecule has 0 bridgehead atoms. The molecule has 1 aliphatic rings. The lowest BCUT2D eigenvalue weighted by molar-refractivity contribution is 0.0703. The summed E-state index contributed by atoms with van der Waals surface area (Å²) in [7, 11) is 0. The maximum Gasteiger partial charge on any atom is 0.290 e. The summed E-state index contributed by atoms with van der Waals surface area (Å²) in [5.41, 5.74) is 1.21. The van der Waals surface area contributed by atoms with Gasteiger partial charge >= 0.3 is 0 Å². The van der Waals surface area contributed by atoms with Gasteiger partial charge in [-0.1, -0.05) is 0 Å². The van der Waals surface area contributed by atoms with Crippen LogP contribution in [0.3, 0.4) is 0 Å². The number of carbonyl (C=O) groups excluding carboxylic acids is 1. The highest BCUT2D eigenvalue weighted by Crippen LogP contribution is 2.34. The maximum atomic E-state index is 12.3. The van der Waals surface area contributed by atoms with Crippen molar-refractivity contribution in [2.45, 2.75) is 18.9 Å². The smallest absolute Gasteiger partial charge is 0.290 e. The Balaban J connectivity index is 1.85. The minimum Gasteiger partial charge on any atom is -0.440 e. The number of thiophene rings is 1. The maximum absolute atomic E-state index is 12.3. The van der Waals surface area contributed by atoms with E-state index in [0.717, 1.165) is 19.4 Å². The van der Waals surface area contributed by atoms with E-state index in [4.69, 9.17) is 16.0 Å². The number of furan rings is 1. The predicted octanol–water partition coefficient (Wildman–Crippen LogP) is 3.97. The molecule has 0 aromatic carbocycles. The summed E-state index contributed by atoms with van der Waals surface area (Å²) in [4.78, 5) is 14.2. The summed E-state index contributed by atoms with van der Waals surface area (Å²) < 4.78 is 5.20. The van der Waals surface area contributed by atoms with Gasteiger partial charge in [0, 0.05) is 6.54 Å². The molecule has 1 amide bonds. The monoisotopic (exact) mass is 281 g/mol. The summed E-state index contributed by atoms with van der Waals surface area (Å²) in [6.45, 7) is 0.775. The van der Waals surface area contributed by atoms with Crippen molar-refractivity contribution in [2.75, 3.05) is 6.54 Å². The third kappa shape index (κ3) is 2.06. The molecule has 0 aliphatic carbocycles. The van der Waals surface area contributed by atoms with Crippen LogP contribution in [-0.4, -0.2) is 17.4 Å². The molecule has 0 N–H and O–H groups in total. The number of likely N-dealkylation sites (tertiary alicyclic amines) is 1. The van der Waals surface area contributed by atoms with Crippen molar-refractivity contribution in [3.05, 3.63) is 45.5 Å². The van der Waals surface area contributed by atoms with E-state index in [0.29, 0.717) is 5.76 Å². The zero-order valence-electron chi connectivity index (χ0n) is 9.64. The van der Waals surface area contributed by atoms with Gasteiger partial charge in [-0.3, -0.25) is 4.79 Å². The molecule has 1 atom stereocenters. The molecule has 0 radical (unpaired) electrons. The molecular weight excluding hydrogens is 270 g/mol. The zero-order valence-corrected chi connectivity index (χ0v) is 11.2. The molecular formula is C13H12ClNO2S. The van der Waals surface area contributed by atoms with Gasteiger partial charge in [-0.15, -0.1) is 0 Å². The summed E-state index contributed by atoms with van der Waals surface area (Å²) in [6, 6.07) is 5.49. The normalized spacial score (nSPS) is 19.4. The molecule has 1 saturated heterocycles. The predicted molar refractivity (Wildman–Crippen MR) is 71.0 cm³/mol. The van der Waals surface area contributed by atoms with Crippen LogP contribution in [0.25, 0.3) is 0 Å². The average Bonchev–Trinajstić information content (AvgIpc) is 3.08. The van der Waals surface area contributed by atoms with Gasteiger partial charge in [0.05, 0.1) is 6.04 Å². The van der Waals surface area contributed by atoms with Gasteiger partial charge in [0.25, 0.3) is 5.91 Å². The summed E-state index contributed by atoms with van der Waals surface area (Å²) in [5.74, 6) is 0.248. The fraction of sp³-hybridized carbons (Fsp3) is 0.308. The van der Waals surface area contributed by atoms with Crippen molar-refractivity contribution < 1.29 is 9.21 Å². The van der Waals surface area contributed by atoms with Crippen molar-refractivity contribution in [3.8, 4) is 0 Å². The molecule has 2 aromatic heterocycles. The van der Waals surface area contributed by atoms with Crippen molar-refractivity contribution >= 4 is 28.8 Å². The number of amides is 1. The third-order valence-electron chi connectivity index (χ3n) is 3.23. The largest absolute Gasteiger partial charge is 0.440 e. The average molecular weight is 282 g/mol. The van der Waals surface area contributed by atoms with Gasteiger partial charge in [-0.25, -0.2) is 0 Å². The lowest BCUT2D eigenvalue weighted by Gasteiger charge is -2.23. The highest BCUT2D eigenvalue weighted by molar-refractivity contribution is 7.07. The Morgan fingerprint density at radius 3 is 3.00 bits per heavy atom. The number of nitrogens with zero attached hydrogens (tertiary/aromatic N) is 1. The first kappa shape index (κ1) is 11.8. The van der Waals surface area contributed by atoms with Crippen LogP contribution in [-0.2, 0) is 0 Å². The van der Waals surface area contributed by atoms with Crippen LogP contribution < -0.4 is 0 Å². The van der Waals surface area contributed by atoms with Crippen LogP contribution in [0.2, 0.25) is 5.22 Å². The van der Waals surface area contributed by atoms with E-state index in [1.807, 2.05) is 10.3 Å². The molecule has 0 unspecified atom stereocenters. The van der Waals surface area contributed by atoms with Crippen LogP contribution in [0, 0.1) is 0 Å². The third-order valence-corrected chi connectivity index (χ3v) is 4.13. The lowest BCUT2D eigenvalue weighted by atomic mass is 10.1. The molecule has 3 rings (SSSR count). The minimum atomic E-state index is -0.0735. The fourth-order valence-corrected chi connectivity index (χ4v) is 3.24. The molecule has 0 spiro atoms. The zero-order chi connectivity index (χ0) is 12.5. The highest BCUT2D eigenvalue weighted by atomic mass is 35.5. The standard InChI is InChI=1S/C13H12ClNO2S/c14-12-4-3-11(17-12)13(16)15-6-1-2-10(15)9-5-7-18-8-9/h3-5,7-8,10H,1-2,6H2/t10-/m1/s1. The topological polar surface area (TPSA) is 33.5 Å². The Bertz CT molecular complexity index is 549. The SMILES string of the molecule is O=C(c1ccc(Cl)o1)N1CCC[C@@H]1c1ccsc1. The van der Waals surface area contributed by atoms with E-state index in [-0.39, 0.29) is 17.2 Å². The molecule has 94 valence electrons. The lowest BCUT2D eigenvalue weighted by Crippen LogP contribution is -2.30. The number of hydrogen-bond donors (Lipinski definition) is 0. The van der Waals surface area contributed by atoms with Crippen LogP contribution in [0.15, 0.2) is 33.4 Å². The van der Waals surface area contributed by atoms with Crippen LogP contribution in [0.4, 0.5) is 0 Å². The Morgan fingerprint density at radius 2 is 2.33 bits per heavy atom. The second kappa shape index (κ2) is 4.78. The molecule has 3 nitrogen and oxygen atoms in total. The molecule has 2 aromatic rings. The van der Waals surface area contributed by atoms with Crippen molar-refractivity contribution in [3.63, 3.8) is 0 Å². The Kier molecular flexibility index (Phi) is 3.14.